The van der Waals surface area contributed by atoms with E-state index in [1.54, 1.807) is 0 Å². The second-order valence-corrected chi connectivity index (χ2v) is 6.92. The zero-order valence-electron chi connectivity index (χ0n) is 12.4. The molecule has 2 N–H and O–H groups in total. The van der Waals surface area contributed by atoms with Gasteiger partial charge in [0.2, 0.25) is 0 Å². The van der Waals surface area contributed by atoms with Crippen LogP contribution in [0.15, 0.2) is 0 Å². The summed E-state index contributed by atoms with van der Waals surface area (Å²) in [6.45, 7) is 4.55. The van der Waals surface area contributed by atoms with Crippen molar-refractivity contribution in [3.8, 4) is 0 Å². The average molecular weight is 252 g/mol. The molecule has 0 bridgehead atoms. The van der Waals surface area contributed by atoms with Crippen LogP contribution in [0.3, 0.4) is 0 Å². The lowest BCUT2D eigenvalue weighted by molar-refractivity contribution is 0.116. The van der Waals surface area contributed by atoms with Crippen LogP contribution in [0.5, 0.6) is 0 Å². The third kappa shape index (κ3) is 3.71. The summed E-state index contributed by atoms with van der Waals surface area (Å²) in [6, 6.07) is 0.633. The van der Waals surface area contributed by atoms with Crippen molar-refractivity contribution in [1.82, 2.24) is 4.90 Å². The van der Waals surface area contributed by atoms with E-state index in [9.17, 15) is 0 Å². The first-order chi connectivity index (χ1) is 8.70. The lowest BCUT2D eigenvalue weighted by atomic mass is 9.78. The molecule has 3 unspecified atom stereocenters. The van der Waals surface area contributed by atoms with E-state index < -0.39 is 0 Å². The van der Waals surface area contributed by atoms with Crippen molar-refractivity contribution in [2.24, 2.45) is 23.5 Å². The number of hydrogen-bond acceptors (Lipinski definition) is 2. The Morgan fingerprint density at radius 2 is 1.83 bits per heavy atom. The van der Waals surface area contributed by atoms with Gasteiger partial charge in [0.15, 0.2) is 0 Å². The number of nitrogens with two attached hydrogens (primary N) is 1. The zero-order valence-corrected chi connectivity index (χ0v) is 12.4. The van der Waals surface area contributed by atoms with Gasteiger partial charge in [-0.25, -0.2) is 0 Å². The quantitative estimate of drug-likeness (QED) is 0.814. The molecule has 106 valence electrons. The van der Waals surface area contributed by atoms with Crippen molar-refractivity contribution in [2.75, 3.05) is 20.1 Å². The Morgan fingerprint density at radius 3 is 2.44 bits per heavy atom. The number of hydrogen-bond donors (Lipinski definition) is 1. The van der Waals surface area contributed by atoms with Crippen molar-refractivity contribution >= 4 is 0 Å². The highest BCUT2D eigenvalue weighted by Crippen LogP contribution is 2.33. The number of nitrogens with zero attached hydrogens (tertiary/aromatic N) is 1. The molecule has 2 aliphatic carbocycles. The van der Waals surface area contributed by atoms with Gasteiger partial charge in [-0.3, -0.25) is 0 Å². The molecule has 0 amide bonds. The predicted molar refractivity (Wildman–Crippen MR) is 78.6 cm³/mol. The van der Waals surface area contributed by atoms with Gasteiger partial charge >= 0.3 is 0 Å². The minimum Gasteiger partial charge on any atom is -0.329 e. The van der Waals surface area contributed by atoms with E-state index in [1.807, 2.05) is 0 Å². The molecule has 2 fully saturated rings. The van der Waals surface area contributed by atoms with Gasteiger partial charge in [0.05, 0.1) is 0 Å². The van der Waals surface area contributed by atoms with Crippen molar-refractivity contribution in [2.45, 2.75) is 64.3 Å². The summed E-state index contributed by atoms with van der Waals surface area (Å²) in [5.41, 5.74) is 6.08. The molecule has 18 heavy (non-hydrogen) atoms. The largest absolute Gasteiger partial charge is 0.329 e. The summed E-state index contributed by atoms with van der Waals surface area (Å²) in [4.78, 5) is 2.60. The van der Waals surface area contributed by atoms with Crippen LogP contribution in [0.1, 0.15) is 58.3 Å². The summed E-state index contributed by atoms with van der Waals surface area (Å²) in [5, 5.41) is 0. The smallest absolute Gasteiger partial charge is 0.0243 e. The Kier molecular flexibility index (Phi) is 5.50. The first-order valence-corrected chi connectivity index (χ1v) is 8.11. The third-order valence-corrected chi connectivity index (χ3v) is 5.35. The molecule has 2 heteroatoms. The zero-order chi connectivity index (χ0) is 13.0. The van der Waals surface area contributed by atoms with Crippen LogP contribution in [-0.4, -0.2) is 31.1 Å². The number of likely N-dealkylation sites (N-methyl/N-ethyl adjacent to an activating group) is 1. The highest BCUT2D eigenvalue weighted by atomic mass is 15.1. The van der Waals surface area contributed by atoms with Crippen LogP contribution < -0.4 is 5.73 Å². The maximum atomic E-state index is 6.08. The molecule has 2 aliphatic rings. The van der Waals surface area contributed by atoms with Crippen LogP contribution in [0, 0.1) is 17.8 Å². The van der Waals surface area contributed by atoms with Crippen molar-refractivity contribution in [3.63, 3.8) is 0 Å². The van der Waals surface area contributed by atoms with Crippen molar-refractivity contribution in [3.05, 3.63) is 0 Å². The van der Waals surface area contributed by atoms with Crippen LogP contribution >= 0.6 is 0 Å². The third-order valence-electron chi connectivity index (χ3n) is 5.35. The van der Waals surface area contributed by atoms with E-state index in [0.29, 0.717) is 6.04 Å². The molecule has 0 spiro atoms. The standard InChI is InChI=1S/C16H32N2/c1-13-6-5-9-15(10-13)16(11-17)18(2)12-14-7-3-4-8-14/h13-16H,3-12,17H2,1-2H3. The fraction of sp³-hybridized carbons (Fsp3) is 1.00. The predicted octanol–water partition coefficient (Wildman–Crippen LogP) is 3.26. The minimum absolute atomic E-state index is 0.633. The summed E-state index contributed by atoms with van der Waals surface area (Å²) < 4.78 is 0. The van der Waals surface area contributed by atoms with E-state index >= 15 is 0 Å². The molecule has 0 radical (unpaired) electrons. The molecule has 0 aliphatic heterocycles. The Balaban J connectivity index is 1.85. The normalized spacial score (nSPS) is 32.0. The van der Waals surface area contributed by atoms with E-state index in [1.165, 1.54) is 57.9 Å². The SMILES string of the molecule is CC1CCCC(C(CN)N(C)CC2CCCC2)C1. The fourth-order valence-corrected chi connectivity index (χ4v) is 4.30. The minimum atomic E-state index is 0.633. The van der Waals surface area contributed by atoms with E-state index in [0.717, 1.165) is 24.3 Å². The molecular formula is C16H32N2. The molecular weight excluding hydrogens is 220 g/mol. The summed E-state index contributed by atoms with van der Waals surface area (Å²) in [7, 11) is 2.31. The molecule has 3 atom stereocenters. The molecule has 0 aromatic rings. The monoisotopic (exact) mass is 252 g/mol. The summed E-state index contributed by atoms with van der Waals surface area (Å²) in [6.07, 6.45) is 11.4. The second-order valence-electron chi connectivity index (χ2n) is 6.92. The Hall–Kier alpha value is -0.0800. The Bertz CT molecular complexity index is 235. The molecule has 0 aromatic heterocycles. The van der Waals surface area contributed by atoms with Gasteiger partial charge in [-0.2, -0.15) is 0 Å². The van der Waals surface area contributed by atoms with Gasteiger partial charge in [0.25, 0.3) is 0 Å². The van der Waals surface area contributed by atoms with Crippen LogP contribution in [-0.2, 0) is 0 Å². The summed E-state index contributed by atoms with van der Waals surface area (Å²) in [5.74, 6) is 2.72. The first-order valence-electron chi connectivity index (χ1n) is 8.11. The molecule has 0 heterocycles. The summed E-state index contributed by atoms with van der Waals surface area (Å²) >= 11 is 0. The molecule has 0 saturated heterocycles. The Labute approximate surface area is 113 Å². The molecule has 0 aromatic carbocycles. The van der Waals surface area contributed by atoms with Gasteiger partial charge in [-0.1, -0.05) is 32.6 Å². The van der Waals surface area contributed by atoms with Gasteiger partial charge in [0.1, 0.15) is 0 Å². The maximum absolute atomic E-state index is 6.08. The van der Waals surface area contributed by atoms with E-state index in [4.69, 9.17) is 5.73 Å². The molecule has 2 nitrogen and oxygen atoms in total. The Morgan fingerprint density at radius 1 is 1.11 bits per heavy atom. The lowest BCUT2D eigenvalue weighted by Crippen LogP contribution is -2.46. The highest BCUT2D eigenvalue weighted by Gasteiger charge is 2.29. The van der Waals surface area contributed by atoms with Gasteiger partial charge in [-0.15, -0.1) is 0 Å². The first kappa shape index (κ1) is 14.3. The van der Waals surface area contributed by atoms with Crippen molar-refractivity contribution < 1.29 is 0 Å². The molecule has 2 rings (SSSR count). The number of rotatable bonds is 5. The maximum Gasteiger partial charge on any atom is 0.0243 e. The van der Waals surface area contributed by atoms with Gasteiger partial charge in [0, 0.05) is 19.1 Å². The van der Waals surface area contributed by atoms with Gasteiger partial charge < -0.3 is 10.6 Å². The van der Waals surface area contributed by atoms with Crippen LogP contribution in [0.25, 0.3) is 0 Å². The average Bonchev–Trinajstić information content (AvgIpc) is 2.83. The van der Waals surface area contributed by atoms with Crippen LogP contribution in [0.4, 0.5) is 0 Å². The van der Waals surface area contributed by atoms with E-state index in [2.05, 4.69) is 18.9 Å². The van der Waals surface area contributed by atoms with Crippen LogP contribution in [0.2, 0.25) is 0 Å². The topological polar surface area (TPSA) is 29.3 Å². The fourth-order valence-electron chi connectivity index (χ4n) is 4.30. The molecule has 2 saturated carbocycles. The second kappa shape index (κ2) is 6.91. The highest BCUT2D eigenvalue weighted by molar-refractivity contribution is 4.84. The van der Waals surface area contributed by atoms with E-state index in [-0.39, 0.29) is 0 Å². The lowest BCUT2D eigenvalue weighted by Gasteiger charge is -2.39. The van der Waals surface area contributed by atoms with Gasteiger partial charge in [-0.05, 0) is 50.5 Å². The van der Waals surface area contributed by atoms with Crippen molar-refractivity contribution in [1.29, 1.82) is 0 Å².